The predicted molar refractivity (Wildman–Crippen MR) is 96.6 cm³/mol. The van der Waals surface area contributed by atoms with Crippen molar-refractivity contribution >= 4 is 11.8 Å². The maximum absolute atomic E-state index is 12.4. The van der Waals surface area contributed by atoms with E-state index in [1.165, 1.54) is 5.56 Å². The van der Waals surface area contributed by atoms with Gasteiger partial charge >= 0.3 is 0 Å². The van der Waals surface area contributed by atoms with E-state index in [0.717, 1.165) is 12.8 Å². The molecule has 0 spiro atoms. The molecule has 1 aliphatic rings. The number of nitrogens with zero attached hydrogens (tertiary/aromatic N) is 1. The lowest BCUT2D eigenvalue weighted by Gasteiger charge is -2.35. The quantitative estimate of drug-likeness (QED) is 0.922. The first-order chi connectivity index (χ1) is 11.3. The molecule has 2 amide bonds. The van der Waals surface area contributed by atoms with Crippen LogP contribution in [0.3, 0.4) is 0 Å². The summed E-state index contributed by atoms with van der Waals surface area (Å²) in [4.78, 5) is 26.6. The van der Waals surface area contributed by atoms with Gasteiger partial charge in [0.25, 0.3) is 0 Å². The second-order valence-electron chi connectivity index (χ2n) is 7.87. The molecule has 1 N–H and O–H groups in total. The van der Waals surface area contributed by atoms with Crippen LogP contribution in [0.2, 0.25) is 0 Å². The highest BCUT2D eigenvalue weighted by Crippen LogP contribution is 2.24. The van der Waals surface area contributed by atoms with Crippen molar-refractivity contribution in [3.8, 4) is 0 Å². The first-order valence-corrected chi connectivity index (χ1v) is 8.91. The fourth-order valence-electron chi connectivity index (χ4n) is 3.12. The Kier molecular flexibility index (Phi) is 6.03. The molecule has 0 radical (unpaired) electrons. The molecule has 2 rings (SSSR count). The smallest absolute Gasteiger partial charge is 0.227 e. The zero-order chi connectivity index (χ0) is 17.7. The van der Waals surface area contributed by atoms with Crippen molar-refractivity contribution in [2.24, 2.45) is 11.3 Å². The number of carbonyl (C=O) groups is 2. The molecule has 1 heterocycles. The summed E-state index contributed by atoms with van der Waals surface area (Å²) in [5.74, 6) is 0.634. The summed E-state index contributed by atoms with van der Waals surface area (Å²) in [6, 6.07) is 10.2. The van der Waals surface area contributed by atoms with Gasteiger partial charge in [-0.2, -0.15) is 0 Å². The van der Waals surface area contributed by atoms with Crippen LogP contribution in [0.15, 0.2) is 30.3 Å². The molecule has 1 aromatic rings. The van der Waals surface area contributed by atoms with Gasteiger partial charge in [0.05, 0.1) is 0 Å². The fraction of sp³-hybridized carbons (Fsp3) is 0.600. The van der Waals surface area contributed by atoms with E-state index in [-0.39, 0.29) is 23.1 Å². The number of rotatable bonds is 4. The summed E-state index contributed by atoms with van der Waals surface area (Å²) in [6.07, 6.45) is 1.51. The monoisotopic (exact) mass is 330 g/mol. The summed E-state index contributed by atoms with van der Waals surface area (Å²) in [5, 5.41) is 3.08. The highest BCUT2D eigenvalue weighted by Gasteiger charge is 2.32. The van der Waals surface area contributed by atoms with Gasteiger partial charge in [-0.05, 0) is 24.3 Å². The zero-order valence-electron chi connectivity index (χ0n) is 15.3. The highest BCUT2D eigenvalue weighted by molar-refractivity contribution is 5.82. The lowest BCUT2D eigenvalue weighted by molar-refractivity contribution is -0.142. The lowest BCUT2D eigenvalue weighted by atomic mass is 9.90. The topological polar surface area (TPSA) is 49.4 Å². The molecule has 0 aromatic heterocycles. The number of nitrogens with one attached hydrogen (secondary N) is 1. The molecular formula is C20H30N2O2. The maximum Gasteiger partial charge on any atom is 0.227 e. The van der Waals surface area contributed by atoms with Gasteiger partial charge in [0, 0.05) is 31.0 Å². The molecule has 1 fully saturated rings. The summed E-state index contributed by atoms with van der Waals surface area (Å²) in [7, 11) is 0. The minimum atomic E-state index is -0.347. The van der Waals surface area contributed by atoms with Crippen molar-refractivity contribution in [3.63, 3.8) is 0 Å². The highest BCUT2D eigenvalue weighted by atomic mass is 16.2. The number of likely N-dealkylation sites (tertiary alicyclic amines) is 1. The third kappa shape index (κ3) is 4.83. The van der Waals surface area contributed by atoms with Gasteiger partial charge in [0.2, 0.25) is 11.8 Å². The lowest BCUT2D eigenvalue weighted by Crippen LogP contribution is -2.46. The van der Waals surface area contributed by atoms with Gasteiger partial charge in [0.1, 0.15) is 0 Å². The first kappa shape index (κ1) is 18.5. The van der Waals surface area contributed by atoms with Gasteiger partial charge in [-0.1, -0.05) is 58.0 Å². The van der Waals surface area contributed by atoms with Crippen molar-refractivity contribution in [2.75, 3.05) is 19.6 Å². The Labute approximate surface area is 145 Å². The van der Waals surface area contributed by atoms with Gasteiger partial charge < -0.3 is 10.2 Å². The van der Waals surface area contributed by atoms with Gasteiger partial charge in [-0.25, -0.2) is 0 Å². The van der Waals surface area contributed by atoms with Gasteiger partial charge in [-0.3, -0.25) is 9.59 Å². The Hall–Kier alpha value is -1.84. The Bertz CT molecular complexity index is 555. The summed E-state index contributed by atoms with van der Waals surface area (Å²) >= 11 is 0. The molecule has 4 nitrogen and oxygen atoms in total. The second-order valence-corrected chi connectivity index (χ2v) is 7.87. The summed E-state index contributed by atoms with van der Waals surface area (Å²) < 4.78 is 0. The normalized spacial score (nSPS) is 17.4. The maximum atomic E-state index is 12.4. The van der Waals surface area contributed by atoms with Crippen LogP contribution >= 0.6 is 0 Å². The Balaban J connectivity index is 1.78. The molecule has 1 aromatic carbocycles. The zero-order valence-corrected chi connectivity index (χ0v) is 15.3. The van der Waals surface area contributed by atoms with E-state index >= 15 is 0 Å². The van der Waals surface area contributed by atoms with Crippen LogP contribution in [0.4, 0.5) is 0 Å². The summed E-state index contributed by atoms with van der Waals surface area (Å²) in [5.41, 5.74) is 0.892. The third-order valence-electron chi connectivity index (χ3n) is 4.75. The molecule has 0 saturated carbocycles. The Morgan fingerprint density at radius 1 is 1.17 bits per heavy atom. The summed E-state index contributed by atoms with van der Waals surface area (Å²) in [6.45, 7) is 9.98. The number of amides is 2. The minimum absolute atomic E-state index is 0.0250. The molecule has 0 bridgehead atoms. The largest absolute Gasteiger partial charge is 0.355 e. The van der Waals surface area contributed by atoms with E-state index in [4.69, 9.17) is 0 Å². The van der Waals surface area contributed by atoms with E-state index in [1.807, 2.05) is 43.9 Å². The van der Waals surface area contributed by atoms with E-state index in [0.29, 0.717) is 25.6 Å². The molecule has 24 heavy (non-hydrogen) atoms. The van der Waals surface area contributed by atoms with Crippen molar-refractivity contribution in [1.29, 1.82) is 0 Å². The van der Waals surface area contributed by atoms with Crippen LogP contribution in [0.25, 0.3) is 0 Å². The van der Waals surface area contributed by atoms with E-state index in [1.54, 1.807) is 0 Å². The van der Waals surface area contributed by atoms with E-state index < -0.39 is 0 Å². The van der Waals surface area contributed by atoms with Crippen LogP contribution in [0.1, 0.15) is 52.0 Å². The van der Waals surface area contributed by atoms with E-state index in [2.05, 4.69) is 24.4 Å². The van der Waals surface area contributed by atoms with Gasteiger partial charge in [-0.15, -0.1) is 0 Å². The third-order valence-corrected chi connectivity index (χ3v) is 4.75. The molecule has 1 aliphatic heterocycles. The molecule has 132 valence electrons. The second kappa shape index (κ2) is 7.82. The van der Waals surface area contributed by atoms with Gasteiger partial charge in [0.15, 0.2) is 0 Å². The van der Waals surface area contributed by atoms with Crippen LogP contribution in [0, 0.1) is 11.3 Å². The van der Waals surface area contributed by atoms with Crippen molar-refractivity contribution in [2.45, 2.75) is 46.5 Å². The predicted octanol–water partition coefficient (Wildman–Crippen LogP) is 3.19. The number of piperidine rings is 1. The van der Waals surface area contributed by atoms with Crippen molar-refractivity contribution in [3.05, 3.63) is 35.9 Å². The molecule has 4 heteroatoms. The Morgan fingerprint density at radius 2 is 1.75 bits per heavy atom. The number of hydrogen-bond acceptors (Lipinski definition) is 2. The number of carbonyl (C=O) groups excluding carboxylic acids is 2. The number of hydrogen-bond donors (Lipinski definition) is 1. The molecule has 1 unspecified atom stereocenters. The molecular weight excluding hydrogens is 300 g/mol. The van der Waals surface area contributed by atoms with Crippen molar-refractivity contribution in [1.82, 2.24) is 10.2 Å². The number of benzene rings is 1. The fourth-order valence-corrected chi connectivity index (χ4v) is 3.12. The average Bonchev–Trinajstić information content (AvgIpc) is 2.58. The average molecular weight is 330 g/mol. The molecule has 1 atom stereocenters. The Morgan fingerprint density at radius 3 is 2.29 bits per heavy atom. The van der Waals surface area contributed by atoms with E-state index in [9.17, 15) is 9.59 Å². The minimum Gasteiger partial charge on any atom is -0.355 e. The first-order valence-electron chi connectivity index (χ1n) is 8.91. The standard InChI is InChI=1S/C20H30N2O2/c1-15(16-8-6-5-7-9-16)14-21-18(23)17-10-12-22(13-11-17)19(24)20(2,3)4/h5-9,15,17H,10-14H2,1-4H3,(H,21,23). The molecule has 1 saturated heterocycles. The van der Waals surface area contributed by atoms with Crippen LogP contribution in [-0.4, -0.2) is 36.3 Å². The van der Waals surface area contributed by atoms with Crippen LogP contribution < -0.4 is 5.32 Å². The van der Waals surface area contributed by atoms with Crippen LogP contribution in [0.5, 0.6) is 0 Å². The van der Waals surface area contributed by atoms with Crippen LogP contribution in [-0.2, 0) is 9.59 Å². The van der Waals surface area contributed by atoms with Crippen molar-refractivity contribution < 1.29 is 9.59 Å². The SMILES string of the molecule is CC(CNC(=O)C1CCN(C(=O)C(C)(C)C)CC1)c1ccccc1. The molecule has 0 aliphatic carbocycles.